The summed E-state index contributed by atoms with van der Waals surface area (Å²) in [4.78, 5) is 127. The zero-order valence-corrected chi connectivity index (χ0v) is 43.5. The van der Waals surface area contributed by atoms with Crippen LogP contribution >= 0.6 is 0 Å². The molecule has 7 amide bonds. The van der Waals surface area contributed by atoms with E-state index < -0.39 is 126 Å². The third-order valence-electron chi connectivity index (χ3n) is 12.8. The number of aliphatic hydroxyl groups excluding tert-OH is 1. The van der Waals surface area contributed by atoms with Crippen LogP contribution in [0.4, 0.5) is 0 Å². The maximum absolute atomic E-state index is 14.5. The van der Waals surface area contributed by atoms with E-state index in [2.05, 4.69) is 43.5 Å². The molecule has 11 atom stereocenters. The fraction of sp³-hybridized carbons (Fsp3) is 0.500. The Morgan fingerprint density at radius 2 is 1.52 bits per heavy atom. The van der Waals surface area contributed by atoms with Crippen molar-refractivity contribution in [1.29, 1.82) is 0 Å². The first-order chi connectivity index (χ1) is 35.3. The number of benzene rings is 1. The molecule has 0 bridgehead atoms. The number of aliphatic hydroxyl groups is 1. The van der Waals surface area contributed by atoms with Crippen LogP contribution in [0.2, 0.25) is 0 Å². The van der Waals surface area contributed by atoms with Crippen LogP contribution in [0.25, 0.3) is 0 Å². The molecule has 1 aliphatic heterocycles. The summed E-state index contributed by atoms with van der Waals surface area (Å²) < 4.78 is 5.82. The standard InChI is InChI=1S/C52H74N10O13/c1-28(25-29(2)41(75-8)27-34-13-10-9-11-14-34)16-21-37-30(3)44(65)59-39(50(71)72)22-23-42(64)62(7)33(6)47(68)56-32(5)46(67)60-40(26-35-17-19-36(63)20-18-35)49(70)61-43(51(73)74)31(4)45(66)58-38(48(69)57-37)15-12-24-55-52(53)54/h9-11,13-14,16-19,21,25,29-32,36-41,43,63H,6,12,15,20,22-24,26-27H2,1-5,7-8H3,(H,56,68)(H,57,69)(H,58,66)(H,59,65)(H,60,67)(H,61,70)(H,71,72)(H,73,74)(H4,53,54,55). The van der Waals surface area contributed by atoms with Crippen LogP contribution in [0.5, 0.6) is 0 Å². The van der Waals surface area contributed by atoms with Crippen molar-refractivity contribution < 1.29 is 63.2 Å². The minimum atomic E-state index is -1.95. The quantitative estimate of drug-likeness (QED) is 0.0368. The number of rotatable bonds is 15. The van der Waals surface area contributed by atoms with Gasteiger partial charge in [-0.25, -0.2) is 9.59 Å². The van der Waals surface area contributed by atoms with E-state index in [4.69, 9.17) is 16.2 Å². The zero-order chi connectivity index (χ0) is 56.1. The molecule has 3 rings (SSSR count). The van der Waals surface area contributed by atoms with Crippen molar-refractivity contribution in [3.63, 3.8) is 0 Å². The van der Waals surface area contributed by atoms with Crippen LogP contribution in [-0.4, -0.2) is 149 Å². The molecule has 23 heteroatoms. The number of nitrogens with zero attached hydrogens (tertiary/aromatic N) is 2. The van der Waals surface area contributed by atoms with Crippen LogP contribution in [0.3, 0.4) is 0 Å². The molecule has 0 spiro atoms. The minimum Gasteiger partial charge on any atom is -0.480 e. The molecule has 410 valence electrons. The van der Waals surface area contributed by atoms with Gasteiger partial charge in [0, 0.05) is 39.5 Å². The Balaban J connectivity index is 2.14. The summed E-state index contributed by atoms with van der Waals surface area (Å²) in [5.74, 6) is -12.8. The number of carbonyl (C=O) groups excluding carboxylic acids is 7. The smallest absolute Gasteiger partial charge is 0.327 e. The van der Waals surface area contributed by atoms with E-state index in [1.165, 1.54) is 46.0 Å². The summed E-state index contributed by atoms with van der Waals surface area (Å²) >= 11 is 0. The predicted molar refractivity (Wildman–Crippen MR) is 277 cm³/mol. The molecular weight excluding hydrogens is 973 g/mol. The van der Waals surface area contributed by atoms with Crippen molar-refractivity contribution in [1.82, 2.24) is 36.8 Å². The van der Waals surface area contributed by atoms with Crippen molar-refractivity contribution in [2.75, 3.05) is 20.7 Å². The number of aliphatic carboxylic acids is 2. The van der Waals surface area contributed by atoms with Crippen LogP contribution in [0.1, 0.15) is 78.7 Å². The van der Waals surface area contributed by atoms with Gasteiger partial charge in [-0.05, 0) is 57.1 Å². The van der Waals surface area contributed by atoms with E-state index in [0.717, 1.165) is 10.5 Å². The summed E-state index contributed by atoms with van der Waals surface area (Å²) in [5.41, 5.74) is 12.8. The molecule has 1 heterocycles. The SMILES string of the molecule is C=C1C(=O)NC(C)C(=O)NC(CC2=CCC(O)C=C2)C(=O)NC(C(=O)O)C(C)C(=O)NC(CCCN=C(N)N)C(=O)NC(C=CC(C)=CC(C)C(Cc2ccccc2)OC)C(C)C(=O)NC(C(=O)O)CCC(=O)N1C. The van der Waals surface area contributed by atoms with E-state index in [1.54, 1.807) is 26.2 Å². The molecule has 1 saturated heterocycles. The lowest BCUT2D eigenvalue weighted by Gasteiger charge is -2.28. The molecule has 2 aliphatic rings. The third kappa shape index (κ3) is 19.9. The molecule has 23 nitrogen and oxygen atoms in total. The number of hydrogen-bond donors (Lipinski definition) is 11. The van der Waals surface area contributed by atoms with Gasteiger partial charge in [-0.15, -0.1) is 0 Å². The molecule has 1 aromatic rings. The average Bonchev–Trinajstić information content (AvgIpc) is 3.36. The summed E-state index contributed by atoms with van der Waals surface area (Å²) in [7, 11) is 2.80. The molecule has 1 aliphatic carbocycles. The number of nitrogens with two attached hydrogens (primary N) is 2. The predicted octanol–water partition coefficient (Wildman–Crippen LogP) is 0.210. The number of amides is 7. The topological polar surface area (TPSA) is 363 Å². The first kappa shape index (κ1) is 61.6. The number of carboxylic acid groups (broad SMARTS) is 2. The molecule has 11 unspecified atom stereocenters. The number of guanidine groups is 1. The maximum Gasteiger partial charge on any atom is 0.327 e. The molecular formula is C52H74N10O13. The zero-order valence-electron chi connectivity index (χ0n) is 43.5. The lowest BCUT2D eigenvalue weighted by Crippen LogP contribution is -2.59. The van der Waals surface area contributed by atoms with Crippen molar-refractivity contribution in [2.24, 2.45) is 34.2 Å². The van der Waals surface area contributed by atoms with Gasteiger partial charge in [-0.3, -0.25) is 38.6 Å². The fourth-order valence-electron chi connectivity index (χ4n) is 8.00. The second kappa shape index (κ2) is 29.9. The van der Waals surface area contributed by atoms with E-state index in [-0.39, 0.29) is 50.2 Å². The van der Waals surface area contributed by atoms with Crippen molar-refractivity contribution >= 4 is 59.2 Å². The number of carboxylic acids is 2. The van der Waals surface area contributed by atoms with Gasteiger partial charge in [0.2, 0.25) is 35.4 Å². The molecule has 0 aromatic heterocycles. The van der Waals surface area contributed by atoms with Gasteiger partial charge in [0.1, 0.15) is 35.9 Å². The van der Waals surface area contributed by atoms with Gasteiger partial charge in [0.05, 0.1) is 30.1 Å². The van der Waals surface area contributed by atoms with Gasteiger partial charge in [-0.2, -0.15) is 0 Å². The lowest BCUT2D eigenvalue weighted by atomic mass is 9.94. The van der Waals surface area contributed by atoms with E-state index >= 15 is 0 Å². The summed E-state index contributed by atoms with van der Waals surface area (Å²) in [5, 5.41) is 45.6. The Morgan fingerprint density at radius 3 is 2.12 bits per heavy atom. The fourth-order valence-corrected chi connectivity index (χ4v) is 8.00. The van der Waals surface area contributed by atoms with Gasteiger partial charge in [-0.1, -0.05) is 99.7 Å². The normalized spacial score (nSPS) is 26.5. The largest absolute Gasteiger partial charge is 0.480 e. The molecule has 13 N–H and O–H groups in total. The highest BCUT2D eigenvalue weighted by Crippen LogP contribution is 2.20. The summed E-state index contributed by atoms with van der Waals surface area (Å²) in [6.45, 7) is 11.3. The number of nitrogens with one attached hydrogen (secondary N) is 6. The average molecular weight is 1050 g/mol. The first-order valence-corrected chi connectivity index (χ1v) is 24.6. The lowest BCUT2D eigenvalue weighted by molar-refractivity contribution is -0.146. The number of allylic oxidation sites excluding steroid dienone is 3. The number of carbonyl (C=O) groups is 9. The van der Waals surface area contributed by atoms with Crippen molar-refractivity contribution in [3.05, 3.63) is 95.8 Å². The summed E-state index contributed by atoms with van der Waals surface area (Å²) in [6, 6.07) is 0.598. The van der Waals surface area contributed by atoms with E-state index in [0.29, 0.717) is 17.6 Å². The molecule has 0 saturated carbocycles. The molecule has 75 heavy (non-hydrogen) atoms. The van der Waals surface area contributed by atoms with Crippen molar-refractivity contribution in [3.8, 4) is 0 Å². The van der Waals surface area contributed by atoms with Gasteiger partial charge < -0.3 is 68.3 Å². The number of aliphatic imine (C=N–C) groups is 1. The molecule has 1 aromatic carbocycles. The third-order valence-corrected chi connectivity index (χ3v) is 12.8. The highest BCUT2D eigenvalue weighted by atomic mass is 16.5. The minimum absolute atomic E-state index is 0.00533. The Bertz CT molecular complexity index is 2400. The number of ether oxygens (including phenoxy) is 1. The van der Waals surface area contributed by atoms with E-state index in [9.17, 15) is 58.5 Å². The Morgan fingerprint density at radius 1 is 0.880 bits per heavy atom. The van der Waals surface area contributed by atoms with E-state index in [1.807, 2.05) is 43.3 Å². The Hall–Kier alpha value is -7.66. The number of methoxy groups -OCH3 is 1. The Labute approximate surface area is 436 Å². The van der Waals surface area contributed by atoms with Gasteiger partial charge in [0.25, 0.3) is 5.91 Å². The van der Waals surface area contributed by atoms with Gasteiger partial charge >= 0.3 is 11.9 Å². The Kier molecular flexibility index (Phi) is 24.6. The van der Waals surface area contributed by atoms with Crippen molar-refractivity contribution in [2.45, 2.75) is 128 Å². The monoisotopic (exact) mass is 1050 g/mol. The second-order valence-corrected chi connectivity index (χ2v) is 18.8. The second-order valence-electron chi connectivity index (χ2n) is 18.8. The van der Waals surface area contributed by atoms with Crippen LogP contribution in [-0.2, 0) is 54.3 Å². The van der Waals surface area contributed by atoms with Crippen LogP contribution < -0.4 is 43.4 Å². The molecule has 0 radical (unpaired) electrons. The number of likely N-dealkylation sites (N-methyl/N-ethyl adjacent to an activating group) is 1. The first-order valence-electron chi connectivity index (χ1n) is 24.6. The highest BCUT2D eigenvalue weighted by Gasteiger charge is 2.37. The van der Waals surface area contributed by atoms with Crippen LogP contribution in [0.15, 0.2) is 95.2 Å². The maximum atomic E-state index is 14.5. The molecule has 1 fully saturated rings. The number of hydrogen-bond acceptors (Lipinski definition) is 12. The summed E-state index contributed by atoms with van der Waals surface area (Å²) in [6.07, 6.45) is 8.22. The highest BCUT2D eigenvalue weighted by molar-refractivity contribution is 6.00. The van der Waals surface area contributed by atoms with Gasteiger partial charge in [0.15, 0.2) is 5.96 Å². The van der Waals surface area contributed by atoms with Crippen LogP contribution in [0, 0.1) is 17.8 Å².